The van der Waals surface area contributed by atoms with Crippen molar-refractivity contribution in [1.82, 2.24) is 0 Å². The van der Waals surface area contributed by atoms with Gasteiger partial charge in [0.25, 0.3) is 0 Å². The molecule has 0 aromatic rings. The molecule has 4 atom stereocenters. The number of ether oxygens (including phenoxy) is 2. The van der Waals surface area contributed by atoms with Gasteiger partial charge >= 0.3 is 0 Å². The lowest BCUT2D eigenvalue weighted by Gasteiger charge is -2.35. The first-order chi connectivity index (χ1) is 10.7. The molecular weight excluding hydrogens is 284 g/mol. The van der Waals surface area contributed by atoms with Crippen molar-refractivity contribution in [2.45, 2.75) is 76.3 Å². The minimum Gasteiger partial charge on any atom is -0.388 e. The number of aliphatic hydroxyl groups excluding tert-OH is 3. The molecule has 0 bridgehead atoms. The number of rotatable bonds is 11. The molecule has 0 radical (unpaired) electrons. The molecule has 0 unspecified atom stereocenters. The van der Waals surface area contributed by atoms with Crippen molar-refractivity contribution in [1.29, 1.82) is 0 Å². The molecule has 1 rings (SSSR count). The standard InChI is InChI=1S/C17H32O5/c1-2-3-4-5-6-7-8-9-10-11-21-13-15-17(20)16(19)14(18)12-22-15/h5-6,14-20H,2-4,7-13H2,1H3/b6-5+/t14-,15+,16+,17+/m1/s1. The molecule has 0 amide bonds. The third kappa shape index (κ3) is 7.70. The van der Waals surface area contributed by atoms with E-state index in [1.807, 2.05) is 0 Å². The second-order valence-electron chi connectivity index (χ2n) is 5.96. The topological polar surface area (TPSA) is 79.2 Å². The van der Waals surface area contributed by atoms with Crippen LogP contribution < -0.4 is 0 Å². The Morgan fingerprint density at radius 1 is 1.00 bits per heavy atom. The van der Waals surface area contributed by atoms with Crippen molar-refractivity contribution < 1.29 is 24.8 Å². The summed E-state index contributed by atoms with van der Waals surface area (Å²) in [6.07, 6.45) is 8.81. The lowest BCUT2D eigenvalue weighted by molar-refractivity contribution is -0.199. The third-order valence-corrected chi connectivity index (χ3v) is 3.94. The zero-order valence-corrected chi connectivity index (χ0v) is 13.7. The molecule has 1 saturated heterocycles. The zero-order valence-electron chi connectivity index (χ0n) is 13.7. The lowest BCUT2D eigenvalue weighted by atomic mass is 10.0. The molecule has 1 heterocycles. The van der Waals surface area contributed by atoms with Crippen molar-refractivity contribution in [3.05, 3.63) is 12.2 Å². The largest absolute Gasteiger partial charge is 0.388 e. The molecule has 3 N–H and O–H groups in total. The van der Waals surface area contributed by atoms with Gasteiger partial charge < -0.3 is 24.8 Å². The Balaban J connectivity index is 1.94. The summed E-state index contributed by atoms with van der Waals surface area (Å²) in [5.74, 6) is 0. The fourth-order valence-electron chi connectivity index (χ4n) is 2.41. The van der Waals surface area contributed by atoms with E-state index in [4.69, 9.17) is 9.47 Å². The third-order valence-electron chi connectivity index (χ3n) is 3.94. The van der Waals surface area contributed by atoms with Crippen molar-refractivity contribution in [2.75, 3.05) is 19.8 Å². The average Bonchev–Trinajstić information content (AvgIpc) is 2.52. The van der Waals surface area contributed by atoms with Gasteiger partial charge in [0, 0.05) is 6.61 Å². The second-order valence-corrected chi connectivity index (χ2v) is 5.96. The van der Waals surface area contributed by atoms with Crippen molar-refractivity contribution in [2.24, 2.45) is 0 Å². The first-order valence-corrected chi connectivity index (χ1v) is 8.55. The van der Waals surface area contributed by atoms with Gasteiger partial charge in [-0.1, -0.05) is 38.3 Å². The van der Waals surface area contributed by atoms with Gasteiger partial charge in [0.15, 0.2) is 0 Å². The van der Waals surface area contributed by atoms with Gasteiger partial charge in [-0.3, -0.25) is 0 Å². The van der Waals surface area contributed by atoms with Gasteiger partial charge in [-0.05, 0) is 25.7 Å². The summed E-state index contributed by atoms with van der Waals surface area (Å²) in [4.78, 5) is 0. The van der Waals surface area contributed by atoms with Gasteiger partial charge in [-0.15, -0.1) is 0 Å². The van der Waals surface area contributed by atoms with Crippen molar-refractivity contribution >= 4 is 0 Å². The minimum absolute atomic E-state index is 0.0383. The fourth-order valence-corrected chi connectivity index (χ4v) is 2.41. The maximum Gasteiger partial charge on any atom is 0.111 e. The second kappa shape index (κ2) is 12.0. The van der Waals surface area contributed by atoms with E-state index < -0.39 is 24.4 Å². The molecule has 5 nitrogen and oxygen atoms in total. The quantitative estimate of drug-likeness (QED) is 0.400. The molecule has 1 aliphatic rings. The Morgan fingerprint density at radius 3 is 2.45 bits per heavy atom. The van der Waals surface area contributed by atoms with Gasteiger partial charge in [0.2, 0.25) is 0 Å². The Hall–Kier alpha value is -0.460. The van der Waals surface area contributed by atoms with Crippen LogP contribution in [0.3, 0.4) is 0 Å². The SMILES string of the molecule is CCCC/C=C/CCCCCOC[C@@H]1OC[C@@H](O)[C@H](O)[C@H]1O. The molecule has 0 aliphatic carbocycles. The van der Waals surface area contributed by atoms with Gasteiger partial charge in [-0.2, -0.15) is 0 Å². The number of allylic oxidation sites excluding steroid dienone is 2. The van der Waals surface area contributed by atoms with E-state index in [2.05, 4.69) is 19.1 Å². The molecule has 1 aliphatic heterocycles. The number of aliphatic hydroxyl groups is 3. The summed E-state index contributed by atoms with van der Waals surface area (Å²) in [7, 11) is 0. The van der Waals surface area contributed by atoms with Crippen molar-refractivity contribution in [3.8, 4) is 0 Å². The highest BCUT2D eigenvalue weighted by molar-refractivity contribution is 4.86. The van der Waals surface area contributed by atoms with E-state index in [9.17, 15) is 15.3 Å². The van der Waals surface area contributed by atoms with E-state index in [1.165, 1.54) is 25.7 Å². The highest BCUT2D eigenvalue weighted by Gasteiger charge is 2.37. The van der Waals surface area contributed by atoms with Crippen LogP contribution in [0.2, 0.25) is 0 Å². The maximum absolute atomic E-state index is 9.75. The zero-order chi connectivity index (χ0) is 16.2. The summed E-state index contributed by atoms with van der Waals surface area (Å²) < 4.78 is 10.8. The normalized spacial score (nSPS) is 29.3. The first-order valence-electron chi connectivity index (χ1n) is 8.55. The molecule has 22 heavy (non-hydrogen) atoms. The maximum atomic E-state index is 9.75. The molecule has 1 fully saturated rings. The summed E-state index contributed by atoms with van der Waals surface area (Å²) in [6.45, 7) is 3.12. The molecular formula is C17H32O5. The molecule has 5 heteroatoms. The molecule has 0 aromatic heterocycles. The highest BCUT2D eigenvalue weighted by Crippen LogP contribution is 2.16. The Kier molecular flexibility index (Phi) is 10.7. The molecule has 0 aromatic carbocycles. The van der Waals surface area contributed by atoms with Gasteiger partial charge in [0.1, 0.15) is 24.4 Å². The van der Waals surface area contributed by atoms with Crippen LogP contribution in [0.4, 0.5) is 0 Å². The van der Waals surface area contributed by atoms with E-state index in [0.29, 0.717) is 6.61 Å². The lowest BCUT2D eigenvalue weighted by Crippen LogP contribution is -2.54. The first kappa shape index (κ1) is 19.6. The van der Waals surface area contributed by atoms with Crippen LogP contribution in [0.5, 0.6) is 0 Å². The van der Waals surface area contributed by atoms with E-state index >= 15 is 0 Å². The van der Waals surface area contributed by atoms with Crippen LogP contribution in [0.1, 0.15) is 51.9 Å². The average molecular weight is 316 g/mol. The smallest absolute Gasteiger partial charge is 0.111 e. The van der Waals surface area contributed by atoms with Crippen LogP contribution >= 0.6 is 0 Å². The van der Waals surface area contributed by atoms with Gasteiger partial charge in [0.05, 0.1) is 13.2 Å². The molecule has 130 valence electrons. The summed E-state index contributed by atoms with van der Waals surface area (Å²) in [6, 6.07) is 0. The van der Waals surface area contributed by atoms with E-state index in [1.54, 1.807) is 0 Å². The van der Waals surface area contributed by atoms with Crippen LogP contribution in [0.15, 0.2) is 12.2 Å². The van der Waals surface area contributed by atoms with Crippen LogP contribution in [-0.2, 0) is 9.47 Å². The number of unbranched alkanes of at least 4 members (excludes halogenated alkanes) is 5. The number of hydrogen-bond acceptors (Lipinski definition) is 5. The predicted octanol–water partition coefficient (Wildman–Crippen LogP) is 1.79. The van der Waals surface area contributed by atoms with Crippen LogP contribution in [0.25, 0.3) is 0 Å². The highest BCUT2D eigenvalue weighted by atomic mass is 16.6. The Morgan fingerprint density at radius 2 is 1.73 bits per heavy atom. The Bertz CT molecular complexity index is 295. The summed E-state index contributed by atoms with van der Waals surface area (Å²) in [5.41, 5.74) is 0. The van der Waals surface area contributed by atoms with E-state index in [-0.39, 0.29) is 13.2 Å². The number of hydrogen-bond donors (Lipinski definition) is 3. The monoisotopic (exact) mass is 316 g/mol. The van der Waals surface area contributed by atoms with Crippen molar-refractivity contribution in [3.63, 3.8) is 0 Å². The Labute approximate surface area is 133 Å². The van der Waals surface area contributed by atoms with Crippen LogP contribution in [0, 0.1) is 0 Å². The van der Waals surface area contributed by atoms with E-state index in [0.717, 1.165) is 19.3 Å². The summed E-state index contributed by atoms with van der Waals surface area (Å²) in [5, 5.41) is 28.6. The molecule has 0 spiro atoms. The fraction of sp³-hybridized carbons (Fsp3) is 0.882. The van der Waals surface area contributed by atoms with Crippen LogP contribution in [-0.4, -0.2) is 59.6 Å². The predicted molar refractivity (Wildman–Crippen MR) is 85.7 cm³/mol. The molecule has 0 saturated carbocycles. The minimum atomic E-state index is -1.15. The van der Waals surface area contributed by atoms with Gasteiger partial charge in [-0.25, -0.2) is 0 Å². The summed E-state index contributed by atoms with van der Waals surface area (Å²) >= 11 is 0.